The van der Waals surface area contributed by atoms with Crippen molar-refractivity contribution in [2.24, 2.45) is 0 Å². The minimum atomic E-state index is -1.95. The average molecular weight is 310 g/mol. The molecule has 1 saturated heterocycles. The molecule has 1 aliphatic heterocycles. The van der Waals surface area contributed by atoms with Gasteiger partial charge in [0.2, 0.25) is 0 Å². The van der Waals surface area contributed by atoms with Crippen LogP contribution < -0.4 is 0 Å². The van der Waals surface area contributed by atoms with Gasteiger partial charge in [-0.2, -0.15) is 0 Å². The van der Waals surface area contributed by atoms with E-state index in [0.717, 1.165) is 10.8 Å². The number of hydrogen-bond acceptors (Lipinski definition) is 5. The molecule has 0 bridgehead atoms. The number of aromatic nitrogens is 2. The van der Waals surface area contributed by atoms with Gasteiger partial charge in [-0.05, 0) is 19.1 Å². The Balaban J connectivity index is 2.51. The summed E-state index contributed by atoms with van der Waals surface area (Å²) in [5, 5.41) is 19.1. The highest BCUT2D eigenvalue weighted by Crippen LogP contribution is 2.39. The van der Waals surface area contributed by atoms with Crippen molar-refractivity contribution in [1.82, 2.24) is 9.55 Å². The lowest BCUT2D eigenvalue weighted by Gasteiger charge is -2.27. The molecule has 106 valence electrons. The molecule has 5 nitrogen and oxygen atoms in total. The fourth-order valence-electron chi connectivity index (χ4n) is 2.00. The van der Waals surface area contributed by atoms with E-state index < -0.39 is 36.5 Å². The van der Waals surface area contributed by atoms with Crippen molar-refractivity contribution in [2.75, 3.05) is 6.61 Å². The van der Waals surface area contributed by atoms with E-state index in [2.05, 4.69) is 17.2 Å². The zero-order valence-electron chi connectivity index (χ0n) is 9.84. The summed E-state index contributed by atoms with van der Waals surface area (Å²) in [6.45, 7) is 0.589. The van der Waals surface area contributed by atoms with Crippen molar-refractivity contribution in [3.05, 3.63) is 21.4 Å². The predicted octanol–water partition coefficient (Wildman–Crippen LogP) is 1.39. The molecule has 9 heteroatoms. The van der Waals surface area contributed by atoms with Gasteiger partial charge >= 0.3 is 0 Å². The van der Waals surface area contributed by atoms with E-state index in [1.54, 1.807) is 0 Å². The van der Waals surface area contributed by atoms with Gasteiger partial charge in [-0.15, -0.1) is 0 Å². The first-order valence-electron chi connectivity index (χ1n) is 5.42. The van der Waals surface area contributed by atoms with Gasteiger partial charge in [-0.25, -0.2) is 8.78 Å². The molecule has 2 heterocycles. The summed E-state index contributed by atoms with van der Waals surface area (Å²) in [6, 6.07) is 0. The van der Waals surface area contributed by atoms with Gasteiger partial charge in [0.05, 0.1) is 6.61 Å². The topological polar surface area (TPSA) is 70.4 Å². The fraction of sp³-hybridized carbons (Fsp3) is 0.600. The minimum Gasteiger partial charge on any atom is -0.394 e. The summed E-state index contributed by atoms with van der Waals surface area (Å²) in [4.78, 5) is 2.41. The van der Waals surface area contributed by atoms with Crippen LogP contribution in [0, 0.1) is 15.2 Å². The number of nitrogens with one attached hydrogen (secondary N) is 1. The maximum atomic E-state index is 13.9. The zero-order valence-corrected chi connectivity index (χ0v) is 11.5. The summed E-state index contributed by atoms with van der Waals surface area (Å²) < 4.78 is 33.4. The summed E-state index contributed by atoms with van der Waals surface area (Å²) in [5.74, 6) is -0.772. The average Bonchev–Trinajstić information content (AvgIpc) is 2.56. The Hall–Kier alpha value is -0.740. The second-order valence-corrected chi connectivity index (χ2v) is 5.28. The number of halogens is 2. The van der Waals surface area contributed by atoms with Gasteiger partial charge in [0, 0.05) is 6.20 Å². The number of aliphatic hydroxyl groups is 2. The van der Waals surface area contributed by atoms with Gasteiger partial charge in [-0.1, -0.05) is 12.2 Å². The molecule has 4 atom stereocenters. The van der Waals surface area contributed by atoms with Crippen molar-refractivity contribution in [1.29, 1.82) is 0 Å². The Morgan fingerprint density at radius 3 is 2.74 bits per heavy atom. The van der Waals surface area contributed by atoms with E-state index in [1.165, 1.54) is 6.92 Å². The van der Waals surface area contributed by atoms with Crippen LogP contribution in [0.25, 0.3) is 0 Å². The third kappa shape index (κ3) is 2.36. The molecule has 0 saturated carbocycles. The molecule has 1 aromatic rings. The number of aliphatic hydroxyl groups excluding tert-OH is 1. The number of nitrogens with zero attached hydrogens (tertiary/aromatic N) is 1. The van der Waals surface area contributed by atoms with Gasteiger partial charge in [0.1, 0.15) is 16.3 Å². The SMILES string of the molecule is CC1(O)C(F)C(CO)OC1n1cc(F)c(=S)[nH]c1=S. The lowest BCUT2D eigenvalue weighted by molar-refractivity contribution is -0.0927. The molecule has 1 fully saturated rings. The Morgan fingerprint density at radius 1 is 1.58 bits per heavy atom. The molecule has 1 aromatic heterocycles. The van der Waals surface area contributed by atoms with E-state index in [9.17, 15) is 13.9 Å². The van der Waals surface area contributed by atoms with Crippen molar-refractivity contribution >= 4 is 24.4 Å². The van der Waals surface area contributed by atoms with Crippen LogP contribution in [-0.4, -0.2) is 44.2 Å². The maximum Gasteiger partial charge on any atom is 0.180 e. The molecule has 0 radical (unpaired) electrons. The van der Waals surface area contributed by atoms with Crippen molar-refractivity contribution < 1.29 is 23.7 Å². The third-order valence-electron chi connectivity index (χ3n) is 3.05. The number of hydrogen-bond donors (Lipinski definition) is 3. The smallest absolute Gasteiger partial charge is 0.180 e. The highest BCUT2D eigenvalue weighted by molar-refractivity contribution is 7.72. The maximum absolute atomic E-state index is 13.9. The molecule has 1 aliphatic rings. The monoisotopic (exact) mass is 310 g/mol. The molecule has 4 unspecified atom stereocenters. The zero-order chi connectivity index (χ0) is 14.4. The Labute approximate surface area is 117 Å². The fourth-order valence-corrected chi connectivity index (χ4v) is 2.47. The Bertz CT molecular complexity index is 601. The first-order chi connectivity index (χ1) is 8.78. The van der Waals surface area contributed by atoms with Gasteiger partial charge < -0.3 is 19.9 Å². The van der Waals surface area contributed by atoms with Crippen LogP contribution in [0.15, 0.2) is 6.20 Å². The van der Waals surface area contributed by atoms with Crippen molar-refractivity contribution in [3.63, 3.8) is 0 Å². The second kappa shape index (κ2) is 4.98. The normalized spacial score (nSPS) is 34.7. The molecule has 0 amide bonds. The van der Waals surface area contributed by atoms with E-state index in [-0.39, 0.29) is 9.41 Å². The van der Waals surface area contributed by atoms with Crippen LogP contribution in [0.5, 0.6) is 0 Å². The Morgan fingerprint density at radius 2 is 2.21 bits per heavy atom. The summed E-state index contributed by atoms with van der Waals surface area (Å²) in [6.07, 6.45) is -3.34. The second-order valence-electron chi connectivity index (χ2n) is 4.48. The molecular weight excluding hydrogens is 298 g/mol. The lowest BCUT2D eigenvalue weighted by Crippen LogP contribution is -2.41. The van der Waals surface area contributed by atoms with Crippen LogP contribution in [0.2, 0.25) is 0 Å². The highest BCUT2D eigenvalue weighted by Gasteiger charge is 2.54. The molecule has 2 rings (SSSR count). The molecule has 0 aliphatic carbocycles. The number of H-pyrrole nitrogens is 1. The van der Waals surface area contributed by atoms with Crippen LogP contribution in [0.3, 0.4) is 0 Å². The number of aromatic amines is 1. The third-order valence-corrected chi connectivity index (χ3v) is 3.66. The molecular formula is C10H12F2N2O3S2. The molecule has 0 spiro atoms. The van der Waals surface area contributed by atoms with Crippen LogP contribution in [0.1, 0.15) is 13.2 Å². The summed E-state index contributed by atoms with van der Waals surface area (Å²) in [7, 11) is 0. The van der Waals surface area contributed by atoms with E-state index in [4.69, 9.17) is 22.1 Å². The predicted molar refractivity (Wildman–Crippen MR) is 66.9 cm³/mol. The Kier molecular flexibility index (Phi) is 3.85. The first-order valence-corrected chi connectivity index (χ1v) is 6.24. The minimum absolute atomic E-state index is 0.0116. The number of rotatable bonds is 2. The van der Waals surface area contributed by atoms with Gasteiger partial charge in [0.15, 0.2) is 23.0 Å². The van der Waals surface area contributed by atoms with Crippen LogP contribution in [-0.2, 0) is 4.74 Å². The quantitative estimate of drug-likeness (QED) is 0.720. The first kappa shape index (κ1) is 14.7. The number of alkyl halides is 1. The lowest BCUT2D eigenvalue weighted by atomic mass is 9.98. The van der Waals surface area contributed by atoms with Crippen LogP contribution >= 0.6 is 24.4 Å². The largest absolute Gasteiger partial charge is 0.394 e. The van der Waals surface area contributed by atoms with Crippen molar-refractivity contribution in [2.45, 2.75) is 31.0 Å². The standard InChI is InChI=1S/C10H12F2N2O3S2/c1-10(16)6(12)5(3-15)17-8(10)14-2-4(11)7(18)13-9(14)19/h2,5-6,8,15-16H,3H2,1H3,(H,13,18,19). The highest BCUT2D eigenvalue weighted by atomic mass is 32.1. The van der Waals surface area contributed by atoms with E-state index >= 15 is 0 Å². The van der Waals surface area contributed by atoms with Crippen LogP contribution in [0.4, 0.5) is 8.78 Å². The van der Waals surface area contributed by atoms with E-state index in [1.807, 2.05) is 0 Å². The van der Waals surface area contributed by atoms with Gasteiger partial charge in [-0.3, -0.25) is 4.57 Å². The molecule has 0 aromatic carbocycles. The van der Waals surface area contributed by atoms with E-state index in [0.29, 0.717) is 0 Å². The van der Waals surface area contributed by atoms with Gasteiger partial charge in [0.25, 0.3) is 0 Å². The number of ether oxygens (including phenoxy) is 1. The molecule has 3 N–H and O–H groups in total. The molecule has 19 heavy (non-hydrogen) atoms. The summed E-state index contributed by atoms with van der Waals surface area (Å²) in [5.41, 5.74) is -1.95. The van der Waals surface area contributed by atoms with Crippen molar-refractivity contribution in [3.8, 4) is 0 Å². The summed E-state index contributed by atoms with van der Waals surface area (Å²) >= 11 is 9.62.